The zero-order valence-corrected chi connectivity index (χ0v) is 20.0. The van der Waals surface area contributed by atoms with E-state index in [0.29, 0.717) is 12.5 Å². The van der Waals surface area contributed by atoms with Crippen LogP contribution in [-0.4, -0.2) is 49.7 Å². The molecule has 2 heterocycles. The van der Waals surface area contributed by atoms with E-state index in [2.05, 4.69) is 41.2 Å². The molecule has 1 aliphatic heterocycles. The number of likely N-dealkylation sites (tertiary alicyclic amines) is 1. The molecule has 1 unspecified atom stereocenters. The van der Waals surface area contributed by atoms with Gasteiger partial charge in [-0.05, 0) is 38.0 Å². The second-order valence-electron chi connectivity index (χ2n) is 6.61. The first-order valence-corrected chi connectivity index (χ1v) is 10.1. The van der Waals surface area contributed by atoms with Crippen molar-refractivity contribution in [2.45, 2.75) is 32.7 Å². The van der Waals surface area contributed by atoms with Crippen molar-refractivity contribution in [1.29, 1.82) is 0 Å². The number of aromatic nitrogens is 1. The van der Waals surface area contributed by atoms with E-state index in [9.17, 15) is 0 Å². The highest BCUT2D eigenvalue weighted by Crippen LogP contribution is 2.33. The van der Waals surface area contributed by atoms with Crippen molar-refractivity contribution in [3.8, 4) is 11.5 Å². The van der Waals surface area contributed by atoms with Gasteiger partial charge in [-0.25, -0.2) is 9.98 Å². The van der Waals surface area contributed by atoms with Crippen molar-refractivity contribution in [1.82, 2.24) is 15.2 Å². The molecule has 0 radical (unpaired) electrons. The minimum atomic E-state index is 0. The van der Waals surface area contributed by atoms with Crippen LogP contribution in [0, 0.1) is 6.92 Å². The minimum Gasteiger partial charge on any atom is -0.497 e. The highest BCUT2D eigenvalue weighted by atomic mass is 127. The number of methoxy groups -OCH3 is 2. The quantitative estimate of drug-likeness (QED) is 0.357. The van der Waals surface area contributed by atoms with E-state index < -0.39 is 0 Å². The first-order chi connectivity index (χ1) is 13.1. The third-order valence-corrected chi connectivity index (χ3v) is 5.60. The zero-order chi connectivity index (χ0) is 19.2. The molecule has 0 bridgehead atoms. The van der Waals surface area contributed by atoms with Crippen LogP contribution in [0.1, 0.15) is 34.7 Å². The number of aryl methyl sites for hydroxylation is 1. The molecular weight excluding hydrogens is 487 g/mol. The van der Waals surface area contributed by atoms with Gasteiger partial charge in [-0.15, -0.1) is 35.3 Å². The molecule has 1 aromatic carbocycles. The van der Waals surface area contributed by atoms with Gasteiger partial charge < -0.3 is 19.7 Å². The molecule has 1 atom stereocenters. The second-order valence-corrected chi connectivity index (χ2v) is 7.93. The van der Waals surface area contributed by atoms with Gasteiger partial charge in [0, 0.05) is 42.7 Å². The van der Waals surface area contributed by atoms with E-state index in [4.69, 9.17) is 14.5 Å². The molecule has 1 aromatic heterocycles. The van der Waals surface area contributed by atoms with Gasteiger partial charge in [-0.1, -0.05) is 0 Å². The van der Waals surface area contributed by atoms with Crippen LogP contribution in [0.15, 0.2) is 29.4 Å². The summed E-state index contributed by atoms with van der Waals surface area (Å²) in [4.78, 5) is 12.8. The van der Waals surface area contributed by atoms with Crippen LogP contribution in [0.3, 0.4) is 0 Å². The molecule has 1 fully saturated rings. The van der Waals surface area contributed by atoms with Gasteiger partial charge >= 0.3 is 0 Å². The predicted molar refractivity (Wildman–Crippen MR) is 126 cm³/mol. The highest BCUT2D eigenvalue weighted by molar-refractivity contribution is 14.0. The molecule has 1 N–H and O–H groups in total. The Morgan fingerprint density at radius 1 is 1.29 bits per heavy atom. The minimum absolute atomic E-state index is 0. The van der Waals surface area contributed by atoms with E-state index in [-0.39, 0.29) is 24.0 Å². The number of rotatable bonds is 6. The van der Waals surface area contributed by atoms with Gasteiger partial charge in [0.15, 0.2) is 5.96 Å². The van der Waals surface area contributed by atoms with Crippen molar-refractivity contribution in [2.24, 2.45) is 4.99 Å². The summed E-state index contributed by atoms with van der Waals surface area (Å²) in [5.74, 6) is 3.06. The third kappa shape index (κ3) is 5.73. The van der Waals surface area contributed by atoms with Gasteiger partial charge in [0.2, 0.25) is 0 Å². The summed E-state index contributed by atoms with van der Waals surface area (Å²) < 4.78 is 10.8. The average Bonchev–Trinajstić information content (AvgIpc) is 3.34. The largest absolute Gasteiger partial charge is 0.497 e. The molecule has 154 valence electrons. The Kier molecular flexibility index (Phi) is 8.81. The number of guanidine groups is 1. The zero-order valence-electron chi connectivity index (χ0n) is 16.9. The Labute approximate surface area is 188 Å². The molecule has 0 amide bonds. The topological polar surface area (TPSA) is 59.0 Å². The Morgan fingerprint density at radius 2 is 2.00 bits per heavy atom. The maximum atomic E-state index is 5.42. The fourth-order valence-electron chi connectivity index (χ4n) is 3.33. The monoisotopic (exact) mass is 516 g/mol. The standard InChI is InChI=1S/C20H28N4O2S.HI/c1-5-21-20(23-12-19-22-11-14(2)27-19)24-7-6-15(13-24)16-8-17(25-3)10-18(9-16)26-4;/h8-11,15H,5-7,12-13H2,1-4H3,(H,21,23);1H. The van der Waals surface area contributed by atoms with Gasteiger partial charge in [0.25, 0.3) is 0 Å². The summed E-state index contributed by atoms with van der Waals surface area (Å²) in [5.41, 5.74) is 1.25. The summed E-state index contributed by atoms with van der Waals surface area (Å²) in [6.07, 6.45) is 2.99. The molecule has 3 rings (SSSR count). The lowest BCUT2D eigenvalue weighted by Gasteiger charge is -2.22. The normalized spacial score (nSPS) is 16.6. The third-order valence-electron chi connectivity index (χ3n) is 4.70. The number of hydrogen-bond acceptors (Lipinski definition) is 5. The molecule has 0 spiro atoms. The molecule has 1 aliphatic rings. The Balaban J connectivity index is 0.00000280. The molecule has 6 nitrogen and oxygen atoms in total. The molecule has 1 saturated heterocycles. The molecular formula is C20H29IN4O2S. The van der Waals surface area contributed by atoms with E-state index in [1.807, 2.05) is 12.3 Å². The van der Waals surface area contributed by atoms with Crippen LogP contribution in [0.2, 0.25) is 0 Å². The predicted octanol–water partition coefficient (Wildman–Crippen LogP) is 4.04. The van der Waals surface area contributed by atoms with Crippen LogP contribution in [-0.2, 0) is 6.54 Å². The number of halogens is 1. The SMILES string of the molecule is CCNC(=NCc1ncc(C)s1)N1CCC(c2cc(OC)cc(OC)c2)C1.I. The number of aliphatic imine (C=N–C) groups is 1. The lowest BCUT2D eigenvalue weighted by Crippen LogP contribution is -2.40. The van der Waals surface area contributed by atoms with Crippen LogP contribution in [0.5, 0.6) is 11.5 Å². The van der Waals surface area contributed by atoms with Crippen molar-refractivity contribution in [3.05, 3.63) is 39.8 Å². The van der Waals surface area contributed by atoms with E-state index in [1.54, 1.807) is 25.6 Å². The average molecular weight is 516 g/mol. The van der Waals surface area contributed by atoms with E-state index in [0.717, 1.165) is 48.5 Å². The maximum absolute atomic E-state index is 5.42. The Hall–Kier alpha value is -1.55. The van der Waals surface area contributed by atoms with E-state index in [1.165, 1.54) is 10.4 Å². The number of ether oxygens (including phenoxy) is 2. The fourth-order valence-corrected chi connectivity index (χ4v) is 4.04. The van der Waals surface area contributed by atoms with Crippen molar-refractivity contribution in [3.63, 3.8) is 0 Å². The number of thiazole rings is 1. The van der Waals surface area contributed by atoms with Gasteiger partial charge in [0.1, 0.15) is 16.5 Å². The van der Waals surface area contributed by atoms with Crippen LogP contribution >= 0.6 is 35.3 Å². The molecule has 0 aliphatic carbocycles. The van der Waals surface area contributed by atoms with Crippen LogP contribution in [0.25, 0.3) is 0 Å². The van der Waals surface area contributed by atoms with Gasteiger partial charge in [-0.2, -0.15) is 0 Å². The number of benzene rings is 1. The summed E-state index contributed by atoms with van der Waals surface area (Å²) in [7, 11) is 3.38. The van der Waals surface area contributed by atoms with E-state index >= 15 is 0 Å². The van der Waals surface area contributed by atoms with Crippen molar-refractivity contribution >= 4 is 41.3 Å². The smallest absolute Gasteiger partial charge is 0.194 e. The molecule has 0 saturated carbocycles. The molecule has 28 heavy (non-hydrogen) atoms. The Morgan fingerprint density at radius 3 is 2.57 bits per heavy atom. The number of hydrogen-bond donors (Lipinski definition) is 1. The molecule has 8 heteroatoms. The van der Waals surface area contributed by atoms with Crippen LogP contribution < -0.4 is 14.8 Å². The second kappa shape index (κ2) is 10.8. The summed E-state index contributed by atoms with van der Waals surface area (Å²) in [6, 6.07) is 6.13. The molecule has 2 aromatic rings. The van der Waals surface area contributed by atoms with Gasteiger partial charge in [0.05, 0.1) is 20.8 Å². The van der Waals surface area contributed by atoms with Crippen molar-refractivity contribution in [2.75, 3.05) is 33.9 Å². The first kappa shape index (κ1) is 22.7. The van der Waals surface area contributed by atoms with Crippen LogP contribution in [0.4, 0.5) is 0 Å². The Bertz CT molecular complexity index is 774. The number of nitrogens with zero attached hydrogens (tertiary/aromatic N) is 3. The maximum Gasteiger partial charge on any atom is 0.194 e. The lowest BCUT2D eigenvalue weighted by atomic mass is 9.98. The lowest BCUT2D eigenvalue weighted by molar-refractivity contribution is 0.392. The summed E-state index contributed by atoms with van der Waals surface area (Å²) >= 11 is 1.70. The first-order valence-electron chi connectivity index (χ1n) is 9.30. The number of nitrogens with one attached hydrogen (secondary N) is 1. The van der Waals surface area contributed by atoms with Gasteiger partial charge in [-0.3, -0.25) is 0 Å². The fraction of sp³-hybridized carbons (Fsp3) is 0.500. The highest BCUT2D eigenvalue weighted by Gasteiger charge is 2.27. The summed E-state index contributed by atoms with van der Waals surface area (Å²) in [6.45, 7) is 7.55. The van der Waals surface area contributed by atoms with Crippen molar-refractivity contribution < 1.29 is 9.47 Å². The summed E-state index contributed by atoms with van der Waals surface area (Å²) in [5, 5.41) is 4.47.